The summed E-state index contributed by atoms with van der Waals surface area (Å²) in [7, 11) is 0. The summed E-state index contributed by atoms with van der Waals surface area (Å²) in [6.45, 7) is 0.358. The van der Waals surface area contributed by atoms with Gasteiger partial charge >= 0.3 is 5.97 Å². The van der Waals surface area contributed by atoms with Crippen molar-refractivity contribution in [3.8, 4) is 0 Å². The first kappa shape index (κ1) is 11.8. The number of carboxylic acids is 1. The van der Waals surface area contributed by atoms with Crippen LogP contribution in [0.2, 0.25) is 0 Å². The van der Waals surface area contributed by atoms with E-state index in [4.69, 9.17) is 5.11 Å². The summed E-state index contributed by atoms with van der Waals surface area (Å²) in [6, 6.07) is 6.47. The number of aliphatic carboxylic acids is 1. The van der Waals surface area contributed by atoms with E-state index in [0.29, 0.717) is 17.4 Å². The first-order chi connectivity index (χ1) is 8.59. The second-order valence-electron chi connectivity index (χ2n) is 3.68. The van der Waals surface area contributed by atoms with Crippen molar-refractivity contribution < 1.29 is 14.8 Å². The predicted octanol–water partition coefficient (Wildman–Crippen LogP) is 2.19. The quantitative estimate of drug-likeness (QED) is 0.509. The summed E-state index contributed by atoms with van der Waals surface area (Å²) >= 11 is 0. The second kappa shape index (κ2) is 4.70. The summed E-state index contributed by atoms with van der Waals surface area (Å²) in [6.07, 6.45) is 4.23. The minimum atomic E-state index is -1.02. The lowest BCUT2D eigenvalue weighted by Gasteiger charge is -2.00. The van der Waals surface area contributed by atoms with Crippen molar-refractivity contribution in [3.63, 3.8) is 0 Å². The molecule has 0 amide bonds. The highest BCUT2D eigenvalue weighted by Gasteiger charge is 2.12. The molecule has 2 rings (SSSR count). The van der Waals surface area contributed by atoms with Gasteiger partial charge in [-0.25, -0.2) is 4.79 Å². The highest BCUT2D eigenvalue weighted by Crippen LogP contribution is 2.26. The Morgan fingerprint density at radius 3 is 2.89 bits per heavy atom. The second-order valence-corrected chi connectivity index (χ2v) is 3.68. The standard InChI is InChI=1S/C12H10N2O4/c15-12(16)5-2-7-13-8-6-9-10(13)3-1-4-11(9)14(17)18/h1-6,8H,7H2,(H,15,16)/b5-2+. The first-order valence-corrected chi connectivity index (χ1v) is 5.21. The first-order valence-electron chi connectivity index (χ1n) is 5.21. The number of rotatable bonds is 4. The summed E-state index contributed by atoms with van der Waals surface area (Å²) in [5.74, 6) is -1.02. The topological polar surface area (TPSA) is 85.4 Å². The maximum atomic E-state index is 10.8. The lowest BCUT2D eigenvalue weighted by molar-refractivity contribution is -0.383. The Morgan fingerprint density at radius 1 is 1.44 bits per heavy atom. The number of carboxylic acid groups (broad SMARTS) is 1. The molecule has 1 aromatic carbocycles. The molecule has 0 bridgehead atoms. The number of nitrogens with zero attached hydrogens (tertiary/aromatic N) is 2. The molecular formula is C12H10N2O4. The molecule has 0 fully saturated rings. The SMILES string of the molecule is O=C(O)/C=C/Cn1ccc2c([N+](=O)[O-])cccc21. The van der Waals surface area contributed by atoms with E-state index in [2.05, 4.69) is 0 Å². The third-order valence-electron chi connectivity index (χ3n) is 2.55. The maximum absolute atomic E-state index is 10.8. The predicted molar refractivity (Wildman–Crippen MR) is 65.4 cm³/mol. The fraction of sp³-hybridized carbons (Fsp3) is 0.0833. The molecule has 2 aromatic rings. The van der Waals surface area contributed by atoms with Crippen LogP contribution in [0.25, 0.3) is 10.9 Å². The molecule has 18 heavy (non-hydrogen) atoms. The number of nitro groups is 1. The van der Waals surface area contributed by atoms with Gasteiger partial charge in [-0.1, -0.05) is 12.1 Å². The molecule has 0 aliphatic heterocycles. The van der Waals surface area contributed by atoms with Crippen molar-refractivity contribution in [2.45, 2.75) is 6.54 Å². The van der Waals surface area contributed by atoms with Gasteiger partial charge < -0.3 is 9.67 Å². The van der Waals surface area contributed by atoms with E-state index in [1.807, 2.05) is 0 Å². The molecule has 92 valence electrons. The van der Waals surface area contributed by atoms with E-state index in [1.165, 1.54) is 12.1 Å². The molecule has 0 aliphatic carbocycles. The maximum Gasteiger partial charge on any atom is 0.328 e. The number of non-ortho nitro benzene ring substituents is 1. The Labute approximate surface area is 102 Å². The average Bonchev–Trinajstić information content (AvgIpc) is 2.72. The monoisotopic (exact) mass is 246 g/mol. The molecule has 0 atom stereocenters. The highest BCUT2D eigenvalue weighted by atomic mass is 16.6. The van der Waals surface area contributed by atoms with Gasteiger partial charge in [0, 0.05) is 24.9 Å². The molecule has 0 spiro atoms. The Kier molecular flexibility index (Phi) is 3.09. The summed E-state index contributed by atoms with van der Waals surface area (Å²) < 4.78 is 1.75. The molecule has 1 N–H and O–H groups in total. The smallest absolute Gasteiger partial charge is 0.328 e. The van der Waals surface area contributed by atoms with Gasteiger partial charge in [0.15, 0.2) is 0 Å². The summed E-state index contributed by atoms with van der Waals surface area (Å²) in [5, 5.41) is 19.9. The number of carbonyl (C=O) groups is 1. The lowest BCUT2D eigenvalue weighted by atomic mass is 10.2. The number of aromatic nitrogens is 1. The van der Waals surface area contributed by atoms with Crippen LogP contribution in [-0.2, 0) is 11.3 Å². The zero-order valence-electron chi connectivity index (χ0n) is 9.31. The Morgan fingerprint density at radius 2 is 2.22 bits per heavy atom. The Hall–Kier alpha value is -2.63. The van der Waals surface area contributed by atoms with Gasteiger partial charge in [-0.3, -0.25) is 10.1 Å². The van der Waals surface area contributed by atoms with Crippen LogP contribution < -0.4 is 0 Å². The third-order valence-corrected chi connectivity index (χ3v) is 2.55. The third kappa shape index (κ3) is 2.22. The van der Waals surface area contributed by atoms with Gasteiger partial charge in [-0.05, 0) is 12.1 Å². The van der Waals surface area contributed by atoms with Crippen molar-refractivity contribution in [2.75, 3.05) is 0 Å². The van der Waals surface area contributed by atoms with E-state index in [1.54, 1.807) is 29.0 Å². The van der Waals surface area contributed by atoms with E-state index < -0.39 is 10.9 Å². The van der Waals surface area contributed by atoms with Gasteiger partial charge in [0.2, 0.25) is 0 Å². The number of hydrogen-bond acceptors (Lipinski definition) is 3. The van der Waals surface area contributed by atoms with Crippen LogP contribution >= 0.6 is 0 Å². The largest absolute Gasteiger partial charge is 0.478 e. The average molecular weight is 246 g/mol. The number of nitro benzene ring substituents is 1. The van der Waals surface area contributed by atoms with Gasteiger partial charge in [-0.15, -0.1) is 0 Å². The van der Waals surface area contributed by atoms with Crippen molar-refractivity contribution >= 4 is 22.6 Å². The minimum Gasteiger partial charge on any atom is -0.478 e. The zero-order chi connectivity index (χ0) is 13.1. The lowest BCUT2D eigenvalue weighted by Crippen LogP contribution is -1.95. The molecule has 0 saturated carbocycles. The number of fused-ring (bicyclic) bond motifs is 1. The summed E-state index contributed by atoms with van der Waals surface area (Å²) in [5.41, 5.74) is 0.757. The van der Waals surface area contributed by atoms with E-state index in [0.717, 1.165) is 6.08 Å². The van der Waals surface area contributed by atoms with Crippen LogP contribution in [-0.4, -0.2) is 20.6 Å². The van der Waals surface area contributed by atoms with Crippen LogP contribution in [0, 0.1) is 10.1 Å². The molecular weight excluding hydrogens is 236 g/mol. The van der Waals surface area contributed by atoms with Crippen LogP contribution in [0.4, 0.5) is 5.69 Å². The minimum absolute atomic E-state index is 0.0495. The molecule has 0 radical (unpaired) electrons. The molecule has 1 heterocycles. The molecule has 0 unspecified atom stereocenters. The van der Waals surface area contributed by atoms with Crippen molar-refractivity contribution in [1.82, 2.24) is 4.57 Å². The van der Waals surface area contributed by atoms with Gasteiger partial charge in [0.1, 0.15) is 0 Å². The number of benzene rings is 1. The molecule has 6 nitrogen and oxygen atoms in total. The number of allylic oxidation sites excluding steroid dienone is 1. The van der Waals surface area contributed by atoms with Crippen molar-refractivity contribution in [2.24, 2.45) is 0 Å². The Balaban J connectivity index is 2.40. The fourth-order valence-electron chi connectivity index (χ4n) is 1.79. The fourth-order valence-corrected chi connectivity index (χ4v) is 1.79. The van der Waals surface area contributed by atoms with Crippen molar-refractivity contribution in [1.29, 1.82) is 0 Å². The van der Waals surface area contributed by atoms with Gasteiger partial charge in [0.05, 0.1) is 15.8 Å². The van der Waals surface area contributed by atoms with Crippen LogP contribution in [0.5, 0.6) is 0 Å². The van der Waals surface area contributed by atoms with Crippen LogP contribution in [0.1, 0.15) is 0 Å². The van der Waals surface area contributed by atoms with Crippen LogP contribution in [0.15, 0.2) is 42.6 Å². The van der Waals surface area contributed by atoms with Gasteiger partial charge in [0.25, 0.3) is 5.69 Å². The van der Waals surface area contributed by atoms with Gasteiger partial charge in [-0.2, -0.15) is 0 Å². The van der Waals surface area contributed by atoms with Crippen LogP contribution in [0.3, 0.4) is 0 Å². The summed E-state index contributed by atoms with van der Waals surface area (Å²) in [4.78, 5) is 20.8. The molecule has 0 aliphatic rings. The zero-order valence-corrected chi connectivity index (χ0v) is 9.31. The number of hydrogen-bond donors (Lipinski definition) is 1. The molecule has 6 heteroatoms. The normalized spacial score (nSPS) is 11.1. The molecule has 0 saturated heterocycles. The van der Waals surface area contributed by atoms with E-state index in [-0.39, 0.29) is 5.69 Å². The molecule has 1 aromatic heterocycles. The van der Waals surface area contributed by atoms with E-state index >= 15 is 0 Å². The highest BCUT2D eigenvalue weighted by molar-refractivity contribution is 5.89. The Bertz CT molecular complexity index is 643. The van der Waals surface area contributed by atoms with E-state index in [9.17, 15) is 14.9 Å². The van der Waals surface area contributed by atoms with Crippen molar-refractivity contribution in [3.05, 3.63) is 52.7 Å².